The van der Waals surface area contributed by atoms with Crippen LogP contribution in [0.5, 0.6) is 11.5 Å². The van der Waals surface area contributed by atoms with Crippen LogP contribution in [0, 0.1) is 0 Å². The van der Waals surface area contributed by atoms with Gasteiger partial charge in [-0.3, -0.25) is 0 Å². The molecule has 0 saturated heterocycles. The van der Waals surface area contributed by atoms with E-state index in [4.69, 9.17) is 15.2 Å². The fraction of sp³-hybridized carbons (Fsp3) is 0.286. The molecule has 2 heterocycles. The molecule has 0 bridgehead atoms. The lowest BCUT2D eigenvalue weighted by atomic mass is 10.1. The lowest BCUT2D eigenvalue weighted by molar-refractivity contribution is 0.174. The van der Waals surface area contributed by atoms with E-state index in [1.807, 2.05) is 36.2 Å². The highest BCUT2D eigenvalue weighted by Gasteiger charge is 2.14. The number of fused-ring (bicyclic) bond motifs is 1. The second kappa shape index (κ2) is 5.34. The first kappa shape index (κ1) is 12.7. The molecule has 0 radical (unpaired) electrons. The molecule has 0 saturated carbocycles. The molecule has 0 unspecified atom stereocenters. The quantitative estimate of drug-likeness (QED) is 0.903. The zero-order valence-electron chi connectivity index (χ0n) is 11.2. The number of hydrogen-bond donors (Lipinski definition) is 1. The van der Waals surface area contributed by atoms with Gasteiger partial charge in [0.15, 0.2) is 11.5 Å². The summed E-state index contributed by atoms with van der Waals surface area (Å²) in [6.45, 7) is 1.55. The number of nitrogens with zero attached hydrogens (tertiary/aromatic N) is 3. The Hall–Kier alpha value is -2.34. The maximum atomic E-state index is 5.55. The van der Waals surface area contributed by atoms with Crippen LogP contribution in [0.25, 0.3) is 11.3 Å². The number of nitrogens with two attached hydrogens (primary N) is 1. The second-order valence-electron chi connectivity index (χ2n) is 4.52. The number of likely N-dealkylation sites (N-methyl/N-ethyl adjacent to an activating group) is 1. The summed E-state index contributed by atoms with van der Waals surface area (Å²) in [6, 6.07) is 7.65. The van der Waals surface area contributed by atoms with E-state index >= 15 is 0 Å². The molecule has 1 aliphatic rings. The molecule has 1 aromatic carbocycles. The summed E-state index contributed by atoms with van der Waals surface area (Å²) in [6.07, 6.45) is 1.75. The van der Waals surface area contributed by atoms with Gasteiger partial charge in [0.2, 0.25) is 12.7 Å². The van der Waals surface area contributed by atoms with Gasteiger partial charge in [0, 0.05) is 31.9 Å². The van der Waals surface area contributed by atoms with E-state index in [1.165, 1.54) is 0 Å². The highest BCUT2D eigenvalue weighted by molar-refractivity contribution is 5.65. The summed E-state index contributed by atoms with van der Waals surface area (Å²) in [5.74, 6) is 2.17. The first-order valence-electron chi connectivity index (χ1n) is 6.42. The Morgan fingerprint density at radius 1 is 1.25 bits per heavy atom. The molecule has 1 aliphatic heterocycles. The monoisotopic (exact) mass is 272 g/mol. The zero-order chi connectivity index (χ0) is 13.9. The number of rotatable bonds is 4. The summed E-state index contributed by atoms with van der Waals surface area (Å²) >= 11 is 0. The van der Waals surface area contributed by atoms with Crippen molar-refractivity contribution >= 4 is 5.95 Å². The first-order chi connectivity index (χ1) is 9.78. The molecular weight excluding hydrogens is 256 g/mol. The van der Waals surface area contributed by atoms with Crippen LogP contribution in [-0.4, -0.2) is 36.9 Å². The molecule has 2 N–H and O–H groups in total. The molecular formula is C14H16N4O2. The summed E-state index contributed by atoms with van der Waals surface area (Å²) in [4.78, 5) is 10.7. The molecule has 0 atom stereocenters. The molecule has 104 valence electrons. The molecule has 2 aromatic rings. The number of ether oxygens (including phenoxy) is 2. The fourth-order valence-electron chi connectivity index (χ4n) is 2.04. The zero-order valence-corrected chi connectivity index (χ0v) is 11.2. The molecule has 3 rings (SSSR count). The third-order valence-electron chi connectivity index (χ3n) is 3.12. The Bertz CT molecular complexity index is 618. The Morgan fingerprint density at radius 2 is 2.10 bits per heavy atom. The average molecular weight is 272 g/mol. The van der Waals surface area contributed by atoms with E-state index in [1.54, 1.807) is 6.20 Å². The van der Waals surface area contributed by atoms with Crippen molar-refractivity contribution in [2.45, 2.75) is 0 Å². The predicted octanol–water partition coefficient (Wildman–Crippen LogP) is 1.27. The number of hydrogen-bond acceptors (Lipinski definition) is 6. The Balaban J connectivity index is 1.92. The minimum atomic E-state index is 0.271. The molecule has 0 fully saturated rings. The van der Waals surface area contributed by atoms with Gasteiger partial charge in [-0.2, -0.15) is 0 Å². The highest BCUT2D eigenvalue weighted by Crippen LogP contribution is 2.35. The van der Waals surface area contributed by atoms with Gasteiger partial charge in [0.05, 0.1) is 5.69 Å². The van der Waals surface area contributed by atoms with E-state index < -0.39 is 0 Å². The fourth-order valence-corrected chi connectivity index (χ4v) is 2.04. The van der Waals surface area contributed by atoms with Gasteiger partial charge < -0.3 is 20.1 Å². The van der Waals surface area contributed by atoms with Gasteiger partial charge in [0.1, 0.15) is 0 Å². The molecule has 0 spiro atoms. The van der Waals surface area contributed by atoms with E-state index in [9.17, 15) is 0 Å². The van der Waals surface area contributed by atoms with E-state index in [0.29, 0.717) is 19.0 Å². The van der Waals surface area contributed by atoms with Gasteiger partial charge in [-0.25, -0.2) is 9.97 Å². The summed E-state index contributed by atoms with van der Waals surface area (Å²) in [5, 5.41) is 0. The molecule has 6 heteroatoms. The Morgan fingerprint density at radius 3 is 2.95 bits per heavy atom. The van der Waals surface area contributed by atoms with Gasteiger partial charge in [-0.1, -0.05) is 0 Å². The molecule has 0 aliphatic carbocycles. The highest BCUT2D eigenvalue weighted by atomic mass is 16.7. The van der Waals surface area contributed by atoms with Crippen molar-refractivity contribution in [3.05, 3.63) is 30.5 Å². The maximum absolute atomic E-state index is 5.55. The van der Waals surface area contributed by atoms with Crippen LogP contribution >= 0.6 is 0 Å². The Labute approximate surface area is 117 Å². The topological polar surface area (TPSA) is 73.5 Å². The summed E-state index contributed by atoms with van der Waals surface area (Å²) < 4.78 is 10.7. The maximum Gasteiger partial charge on any atom is 0.231 e. The van der Waals surface area contributed by atoms with Crippen molar-refractivity contribution in [3.63, 3.8) is 0 Å². The third-order valence-corrected chi connectivity index (χ3v) is 3.12. The van der Waals surface area contributed by atoms with Crippen LogP contribution in [0.3, 0.4) is 0 Å². The minimum absolute atomic E-state index is 0.271. The predicted molar refractivity (Wildman–Crippen MR) is 75.9 cm³/mol. The van der Waals surface area contributed by atoms with E-state index in [-0.39, 0.29) is 6.79 Å². The summed E-state index contributed by atoms with van der Waals surface area (Å²) in [5.41, 5.74) is 7.37. The Kier molecular flexibility index (Phi) is 3.39. The van der Waals surface area contributed by atoms with Gasteiger partial charge >= 0.3 is 0 Å². The normalized spacial score (nSPS) is 12.5. The van der Waals surface area contributed by atoms with Crippen molar-refractivity contribution in [1.29, 1.82) is 0 Å². The molecule has 20 heavy (non-hydrogen) atoms. The minimum Gasteiger partial charge on any atom is -0.454 e. The standard InChI is InChI=1S/C14H16N4O2/c1-18(7-5-15)14-16-6-4-11(17-14)10-2-3-12-13(8-10)20-9-19-12/h2-4,6,8H,5,7,9,15H2,1H3. The molecule has 1 aromatic heterocycles. The van der Waals surface area contributed by atoms with Crippen LogP contribution in [0.1, 0.15) is 0 Å². The summed E-state index contributed by atoms with van der Waals surface area (Å²) in [7, 11) is 1.92. The average Bonchev–Trinajstić information content (AvgIpc) is 2.95. The van der Waals surface area contributed by atoms with Crippen LogP contribution < -0.4 is 20.1 Å². The van der Waals surface area contributed by atoms with Crippen molar-refractivity contribution < 1.29 is 9.47 Å². The van der Waals surface area contributed by atoms with Crippen molar-refractivity contribution in [3.8, 4) is 22.8 Å². The van der Waals surface area contributed by atoms with Crippen molar-refractivity contribution in [2.24, 2.45) is 5.73 Å². The largest absolute Gasteiger partial charge is 0.454 e. The number of benzene rings is 1. The SMILES string of the molecule is CN(CCN)c1nccc(-c2ccc3c(c2)OCO3)n1. The van der Waals surface area contributed by atoms with Gasteiger partial charge in [0.25, 0.3) is 0 Å². The number of aromatic nitrogens is 2. The van der Waals surface area contributed by atoms with Crippen molar-refractivity contribution in [1.82, 2.24) is 9.97 Å². The lowest BCUT2D eigenvalue weighted by Crippen LogP contribution is -2.26. The first-order valence-corrected chi connectivity index (χ1v) is 6.42. The van der Waals surface area contributed by atoms with Gasteiger partial charge in [-0.05, 0) is 24.3 Å². The van der Waals surface area contributed by atoms with E-state index in [2.05, 4.69) is 9.97 Å². The molecule has 0 amide bonds. The third kappa shape index (κ3) is 2.37. The lowest BCUT2D eigenvalue weighted by Gasteiger charge is -2.16. The molecule has 6 nitrogen and oxygen atoms in total. The smallest absolute Gasteiger partial charge is 0.231 e. The van der Waals surface area contributed by atoms with Crippen LogP contribution in [0.4, 0.5) is 5.95 Å². The van der Waals surface area contributed by atoms with Crippen LogP contribution in [-0.2, 0) is 0 Å². The van der Waals surface area contributed by atoms with Crippen LogP contribution in [0.15, 0.2) is 30.5 Å². The second-order valence-corrected chi connectivity index (χ2v) is 4.52. The van der Waals surface area contributed by atoms with E-state index in [0.717, 1.165) is 22.8 Å². The number of anilines is 1. The van der Waals surface area contributed by atoms with Gasteiger partial charge in [-0.15, -0.1) is 0 Å². The van der Waals surface area contributed by atoms with Crippen LogP contribution in [0.2, 0.25) is 0 Å². The van der Waals surface area contributed by atoms with Crippen molar-refractivity contribution in [2.75, 3.05) is 31.8 Å².